The smallest absolute Gasteiger partial charge is 0.301 e. The second-order valence-electron chi connectivity index (χ2n) is 5.26. The number of aromatic nitrogens is 1. The van der Waals surface area contributed by atoms with Crippen molar-refractivity contribution in [3.05, 3.63) is 47.7 Å². The number of nitrogens with zero attached hydrogens (tertiary/aromatic N) is 2. The highest BCUT2D eigenvalue weighted by molar-refractivity contribution is 7.90. The van der Waals surface area contributed by atoms with E-state index in [1.807, 2.05) is 26.0 Å². The van der Waals surface area contributed by atoms with Gasteiger partial charge in [-0.05, 0) is 37.6 Å². The van der Waals surface area contributed by atoms with Crippen LogP contribution < -0.4 is 10.0 Å². The third kappa shape index (κ3) is 3.96. The minimum absolute atomic E-state index is 0.417. The molecule has 22 heavy (non-hydrogen) atoms. The largest absolute Gasteiger partial charge is 0.340 e. The summed E-state index contributed by atoms with van der Waals surface area (Å²) >= 11 is 0. The van der Waals surface area contributed by atoms with Crippen molar-refractivity contribution in [1.82, 2.24) is 9.29 Å². The summed E-state index contributed by atoms with van der Waals surface area (Å²) in [5.41, 5.74) is 3.71. The molecule has 0 atom stereocenters. The highest BCUT2D eigenvalue weighted by Gasteiger charge is 2.12. The predicted octanol–water partition coefficient (Wildman–Crippen LogP) is 2.66. The summed E-state index contributed by atoms with van der Waals surface area (Å²) in [7, 11) is -0.583. The van der Waals surface area contributed by atoms with Crippen LogP contribution in [0.4, 0.5) is 17.2 Å². The number of anilines is 3. The highest BCUT2D eigenvalue weighted by atomic mass is 32.2. The Labute approximate surface area is 131 Å². The molecule has 0 saturated heterocycles. The van der Waals surface area contributed by atoms with Crippen LogP contribution in [0.25, 0.3) is 0 Å². The minimum Gasteiger partial charge on any atom is -0.340 e. The number of nitrogens with one attached hydrogen (secondary N) is 2. The van der Waals surface area contributed by atoms with Crippen molar-refractivity contribution in [2.45, 2.75) is 13.8 Å². The van der Waals surface area contributed by atoms with E-state index in [0.717, 1.165) is 15.6 Å². The first kappa shape index (κ1) is 16.3. The standard InChI is InChI=1S/C15H20N4O2S/c1-11-5-7-14(12(2)9-11)17-15-8-6-13(10-16-15)18-22(20,21)19(3)4/h5-10,18H,1-4H3,(H,16,17). The van der Waals surface area contributed by atoms with E-state index in [0.29, 0.717) is 11.5 Å². The number of rotatable bonds is 5. The van der Waals surface area contributed by atoms with Gasteiger partial charge in [0.25, 0.3) is 0 Å². The topological polar surface area (TPSA) is 74.3 Å². The Balaban J connectivity index is 2.12. The van der Waals surface area contributed by atoms with Crippen LogP contribution in [-0.2, 0) is 10.2 Å². The third-order valence-electron chi connectivity index (χ3n) is 3.14. The van der Waals surface area contributed by atoms with Crippen LogP contribution in [0.15, 0.2) is 36.5 Å². The molecule has 6 nitrogen and oxygen atoms in total. The van der Waals surface area contributed by atoms with Gasteiger partial charge in [-0.2, -0.15) is 12.7 Å². The van der Waals surface area contributed by atoms with E-state index >= 15 is 0 Å². The van der Waals surface area contributed by atoms with E-state index in [2.05, 4.69) is 21.1 Å². The molecule has 0 unspecified atom stereocenters. The van der Waals surface area contributed by atoms with E-state index < -0.39 is 10.2 Å². The Morgan fingerprint density at radius 3 is 2.36 bits per heavy atom. The van der Waals surface area contributed by atoms with Crippen molar-refractivity contribution >= 4 is 27.4 Å². The van der Waals surface area contributed by atoms with Crippen LogP contribution in [0, 0.1) is 13.8 Å². The van der Waals surface area contributed by atoms with Crippen molar-refractivity contribution in [2.24, 2.45) is 0 Å². The van der Waals surface area contributed by atoms with Gasteiger partial charge in [-0.3, -0.25) is 4.72 Å². The number of hydrogen-bond acceptors (Lipinski definition) is 4. The zero-order valence-electron chi connectivity index (χ0n) is 13.1. The quantitative estimate of drug-likeness (QED) is 0.888. The van der Waals surface area contributed by atoms with Crippen molar-refractivity contribution < 1.29 is 8.42 Å². The van der Waals surface area contributed by atoms with Gasteiger partial charge in [0.15, 0.2) is 0 Å². The lowest BCUT2D eigenvalue weighted by Gasteiger charge is -2.14. The molecule has 2 rings (SSSR count). The van der Waals surface area contributed by atoms with Crippen molar-refractivity contribution in [3.63, 3.8) is 0 Å². The number of benzene rings is 1. The molecule has 1 heterocycles. The van der Waals surface area contributed by atoms with E-state index in [1.54, 1.807) is 12.1 Å². The third-order valence-corrected chi connectivity index (χ3v) is 4.59. The van der Waals surface area contributed by atoms with Crippen LogP contribution in [-0.4, -0.2) is 31.8 Å². The lowest BCUT2D eigenvalue weighted by Crippen LogP contribution is -2.28. The molecular formula is C15H20N4O2S. The minimum atomic E-state index is -3.51. The Morgan fingerprint density at radius 2 is 1.82 bits per heavy atom. The summed E-state index contributed by atoms with van der Waals surface area (Å²) in [5, 5.41) is 3.21. The molecule has 1 aromatic carbocycles. The van der Waals surface area contributed by atoms with Gasteiger partial charge in [0.2, 0.25) is 0 Å². The molecule has 2 aromatic rings. The van der Waals surface area contributed by atoms with E-state index in [-0.39, 0.29) is 0 Å². The Bertz CT molecular complexity index is 756. The van der Waals surface area contributed by atoms with Gasteiger partial charge < -0.3 is 5.32 Å². The second kappa shape index (κ2) is 6.33. The summed E-state index contributed by atoms with van der Waals surface area (Å²) in [6, 6.07) is 9.50. The fraction of sp³-hybridized carbons (Fsp3) is 0.267. The van der Waals surface area contributed by atoms with Crippen LogP contribution in [0.5, 0.6) is 0 Å². The summed E-state index contributed by atoms with van der Waals surface area (Å²) in [6.45, 7) is 4.07. The zero-order valence-corrected chi connectivity index (χ0v) is 13.9. The number of hydrogen-bond donors (Lipinski definition) is 2. The average molecular weight is 320 g/mol. The monoisotopic (exact) mass is 320 g/mol. The summed E-state index contributed by atoms with van der Waals surface area (Å²) in [4.78, 5) is 4.22. The lowest BCUT2D eigenvalue weighted by atomic mass is 10.1. The first-order chi connectivity index (χ1) is 10.3. The molecular weight excluding hydrogens is 300 g/mol. The van der Waals surface area contributed by atoms with Gasteiger partial charge in [0, 0.05) is 19.8 Å². The van der Waals surface area contributed by atoms with Crippen molar-refractivity contribution in [3.8, 4) is 0 Å². The molecule has 0 bridgehead atoms. The molecule has 1 aromatic heterocycles. The van der Waals surface area contributed by atoms with Crippen LogP contribution in [0.1, 0.15) is 11.1 Å². The molecule has 0 aliphatic rings. The molecule has 0 fully saturated rings. The first-order valence-electron chi connectivity index (χ1n) is 6.78. The Kier molecular flexibility index (Phi) is 4.68. The molecule has 0 radical (unpaired) electrons. The van der Waals surface area contributed by atoms with Crippen LogP contribution in [0.3, 0.4) is 0 Å². The fourth-order valence-corrected chi connectivity index (χ4v) is 2.46. The first-order valence-corrected chi connectivity index (χ1v) is 8.22. The summed E-state index contributed by atoms with van der Waals surface area (Å²) in [5.74, 6) is 0.653. The van der Waals surface area contributed by atoms with Crippen molar-refractivity contribution in [2.75, 3.05) is 24.1 Å². The van der Waals surface area contributed by atoms with E-state index in [4.69, 9.17) is 0 Å². The molecule has 0 aliphatic carbocycles. The highest BCUT2D eigenvalue weighted by Crippen LogP contribution is 2.21. The van der Waals surface area contributed by atoms with E-state index in [1.165, 1.54) is 25.9 Å². The van der Waals surface area contributed by atoms with Gasteiger partial charge in [-0.25, -0.2) is 4.98 Å². The molecule has 7 heteroatoms. The summed E-state index contributed by atoms with van der Waals surface area (Å²) < 4.78 is 27.0. The van der Waals surface area contributed by atoms with Gasteiger partial charge in [0.05, 0.1) is 11.9 Å². The van der Waals surface area contributed by atoms with Crippen molar-refractivity contribution in [1.29, 1.82) is 0 Å². The second-order valence-corrected chi connectivity index (χ2v) is 7.15. The SMILES string of the molecule is Cc1ccc(Nc2ccc(NS(=O)(=O)N(C)C)cn2)c(C)c1. The van der Waals surface area contributed by atoms with Gasteiger partial charge >= 0.3 is 10.2 Å². The molecule has 0 aliphatic heterocycles. The number of aryl methyl sites for hydroxylation is 2. The predicted molar refractivity (Wildman–Crippen MR) is 89.7 cm³/mol. The Morgan fingerprint density at radius 1 is 1.09 bits per heavy atom. The van der Waals surface area contributed by atoms with E-state index in [9.17, 15) is 8.42 Å². The van der Waals surface area contributed by atoms with Crippen LogP contribution in [0.2, 0.25) is 0 Å². The number of pyridine rings is 1. The van der Waals surface area contributed by atoms with Gasteiger partial charge in [-0.1, -0.05) is 17.7 Å². The van der Waals surface area contributed by atoms with Gasteiger partial charge in [-0.15, -0.1) is 0 Å². The maximum absolute atomic E-state index is 11.7. The Hall–Kier alpha value is -2.12. The lowest BCUT2D eigenvalue weighted by molar-refractivity contribution is 0.527. The zero-order chi connectivity index (χ0) is 16.3. The van der Waals surface area contributed by atoms with Crippen LogP contribution >= 0.6 is 0 Å². The molecule has 0 amide bonds. The normalized spacial score (nSPS) is 11.5. The molecule has 0 spiro atoms. The molecule has 0 saturated carbocycles. The maximum atomic E-state index is 11.7. The maximum Gasteiger partial charge on any atom is 0.301 e. The summed E-state index contributed by atoms with van der Waals surface area (Å²) in [6.07, 6.45) is 1.48. The molecule has 118 valence electrons. The van der Waals surface area contributed by atoms with Gasteiger partial charge in [0.1, 0.15) is 5.82 Å². The fourth-order valence-electron chi connectivity index (χ4n) is 1.86. The molecule has 2 N–H and O–H groups in total. The average Bonchev–Trinajstić information content (AvgIpc) is 2.43.